The molecule has 1 N–H and O–H groups in total. The van der Waals surface area contributed by atoms with E-state index in [1.165, 1.54) is 32.6 Å². The van der Waals surface area contributed by atoms with Crippen molar-refractivity contribution in [1.29, 1.82) is 0 Å². The molecule has 0 heterocycles. The average molecular weight is 644 g/mol. The van der Waals surface area contributed by atoms with Crippen molar-refractivity contribution in [3.63, 3.8) is 0 Å². The smallest absolute Gasteiger partial charge is 0.305 e. The number of rotatable bonds is 33. The van der Waals surface area contributed by atoms with Gasteiger partial charge in [-0.05, 0) is 30.7 Å². The summed E-state index contributed by atoms with van der Waals surface area (Å²) < 4.78 is 49.0. The van der Waals surface area contributed by atoms with E-state index < -0.39 is 0 Å². The number of hydrogen-bond donors (Lipinski definition) is 1. The number of ether oxygens (including phenoxy) is 9. The van der Waals surface area contributed by atoms with E-state index in [-0.39, 0.29) is 18.5 Å². The van der Waals surface area contributed by atoms with Gasteiger partial charge in [-0.1, -0.05) is 39.0 Å². The molecule has 0 aromatic heterocycles. The molecule has 0 aliphatic rings. The maximum absolute atomic E-state index is 11.7. The number of nitrogens with one attached hydrogen (secondary N) is 1. The quantitative estimate of drug-likeness (QED) is 0.0863. The van der Waals surface area contributed by atoms with Crippen LogP contribution in [0.15, 0.2) is 24.3 Å². The molecule has 1 amide bonds. The van der Waals surface area contributed by atoms with Crippen LogP contribution in [0.3, 0.4) is 0 Å². The monoisotopic (exact) mass is 643 g/mol. The van der Waals surface area contributed by atoms with Crippen LogP contribution in [0.1, 0.15) is 58.8 Å². The van der Waals surface area contributed by atoms with E-state index in [1.54, 1.807) is 24.3 Å². The van der Waals surface area contributed by atoms with Crippen LogP contribution >= 0.6 is 0 Å². The molecule has 0 radical (unpaired) electrons. The number of benzene rings is 1. The number of anilines is 1. The summed E-state index contributed by atoms with van der Waals surface area (Å²) in [7, 11) is 0. The Morgan fingerprint density at radius 1 is 0.533 bits per heavy atom. The van der Waals surface area contributed by atoms with Crippen molar-refractivity contribution in [1.82, 2.24) is 0 Å². The number of carbonyl (C=O) groups excluding carboxylic acids is 2. The van der Waals surface area contributed by atoms with Gasteiger partial charge in [0.25, 0.3) is 0 Å². The Morgan fingerprint density at radius 2 is 0.933 bits per heavy atom. The molecule has 1 aromatic rings. The minimum atomic E-state index is -0.146. The third-order valence-corrected chi connectivity index (χ3v) is 6.13. The van der Waals surface area contributed by atoms with E-state index in [0.29, 0.717) is 111 Å². The standard InChI is InChI=1S/C33H57NO11/c1-3-4-5-6-7-8-9-33(36)45-29-27-43-25-23-41-21-19-39-17-15-37-14-16-38-18-20-40-22-24-42-26-28-44-32-12-10-31(11-13-32)34-30(2)35/h10-13H,3-9,14-29H2,1-2H3,(H,34,35). The molecule has 0 spiro atoms. The minimum Gasteiger partial charge on any atom is -0.491 e. The highest BCUT2D eigenvalue weighted by molar-refractivity contribution is 5.88. The first-order valence-electron chi connectivity index (χ1n) is 16.3. The molecule has 0 bridgehead atoms. The molecule has 0 unspecified atom stereocenters. The van der Waals surface area contributed by atoms with Gasteiger partial charge in [-0.15, -0.1) is 0 Å². The Hall–Kier alpha value is -2.32. The summed E-state index contributed by atoms with van der Waals surface area (Å²) in [6.45, 7) is 11.0. The van der Waals surface area contributed by atoms with Gasteiger partial charge in [0.1, 0.15) is 19.0 Å². The summed E-state index contributed by atoms with van der Waals surface area (Å²) in [4.78, 5) is 22.7. The molecule has 0 aliphatic carbocycles. The highest BCUT2D eigenvalue weighted by Crippen LogP contribution is 2.15. The SMILES string of the molecule is CCCCCCCCC(=O)OCCOCCOCCOCCOCCOCCOCCOCCOc1ccc(NC(C)=O)cc1. The van der Waals surface area contributed by atoms with Crippen LogP contribution in [0.25, 0.3) is 0 Å². The molecular formula is C33H57NO11. The molecule has 0 fully saturated rings. The molecule has 0 saturated heterocycles. The van der Waals surface area contributed by atoms with Crippen molar-refractivity contribution in [3.8, 4) is 5.75 Å². The highest BCUT2D eigenvalue weighted by Gasteiger charge is 2.03. The lowest BCUT2D eigenvalue weighted by atomic mass is 10.1. The summed E-state index contributed by atoms with van der Waals surface area (Å²) >= 11 is 0. The van der Waals surface area contributed by atoms with Gasteiger partial charge in [-0.3, -0.25) is 9.59 Å². The lowest BCUT2D eigenvalue weighted by molar-refractivity contribution is -0.145. The van der Waals surface area contributed by atoms with Gasteiger partial charge in [0.05, 0.1) is 92.5 Å². The zero-order valence-corrected chi connectivity index (χ0v) is 27.6. The van der Waals surface area contributed by atoms with Gasteiger partial charge in [0, 0.05) is 19.0 Å². The number of amides is 1. The number of hydrogen-bond acceptors (Lipinski definition) is 11. The Balaban J connectivity index is 1.70. The van der Waals surface area contributed by atoms with Crippen LogP contribution in [0.2, 0.25) is 0 Å². The molecule has 260 valence electrons. The molecule has 1 aromatic carbocycles. The van der Waals surface area contributed by atoms with Crippen molar-refractivity contribution in [2.45, 2.75) is 58.8 Å². The third-order valence-electron chi connectivity index (χ3n) is 6.13. The lowest BCUT2D eigenvalue weighted by Crippen LogP contribution is -2.15. The van der Waals surface area contributed by atoms with Crippen LogP contribution in [0.5, 0.6) is 5.75 Å². The van der Waals surface area contributed by atoms with Crippen LogP contribution in [-0.4, -0.2) is 118 Å². The average Bonchev–Trinajstić information content (AvgIpc) is 3.03. The normalized spacial score (nSPS) is 11.1. The maximum Gasteiger partial charge on any atom is 0.305 e. The molecule has 12 nitrogen and oxygen atoms in total. The summed E-state index contributed by atoms with van der Waals surface area (Å²) in [6.07, 6.45) is 7.41. The topological polar surface area (TPSA) is 129 Å². The summed E-state index contributed by atoms with van der Waals surface area (Å²) in [5.41, 5.74) is 0.731. The predicted molar refractivity (Wildman–Crippen MR) is 171 cm³/mol. The zero-order valence-electron chi connectivity index (χ0n) is 27.6. The van der Waals surface area contributed by atoms with E-state index >= 15 is 0 Å². The third kappa shape index (κ3) is 28.9. The highest BCUT2D eigenvalue weighted by atomic mass is 16.6. The number of carbonyl (C=O) groups is 2. The Kier molecular flexibility index (Phi) is 28.6. The molecule has 0 atom stereocenters. The van der Waals surface area contributed by atoms with Crippen LogP contribution < -0.4 is 10.1 Å². The molecule has 0 saturated carbocycles. The van der Waals surface area contributed by atoms with Crippen molar-refractivity contribution in [2.24, 2.45) is 0 Å². The van der Waals surface area contributed by atoms with Crippen LogP contribution in [0.4, 0.5) is 5.69 Å². The van der Waals surface area contributed by atoms with Crippen molar-refractivity contribution in [3.05, 3.63) is 24.3 Å². The Morgan fingerprint density at radius 3 is 1.38 bits per heavy atom. The van der Waals surface area contributed by atoms with E-state index in [1.807, 2.05) is 0 Å². The Labute approximate surface area is 269 Å². The van der Waals surface area contributed by atoms with E-state index in [4.69, 9.17) is 42.6 Å². The first-order chi connectivity index (χ1) is 22.1. The fourth-order valence-corrected chi connectivity index (χ4v) is 3.81. The van der Waals surface area contributed by atoms with Gasteiger partial charge in [-0.25, -0.2) is 0 Å². The second kappa shape index (κ2) is 31.7. The summed E-state index contributed by atoms with van der Waals surface area (Å²) in [5.74, 6) is 0.461. The van der Waals surface area contributed by atoms with Crippen LogP contribution in [0, 0.1) is 0 Å². The van der Waals surface area contributed by atoms with E-state index in [0.717, 1.165) is 18.5 Å². The zero-order chi connectivity index (χ0) is 32.5. The first-order valence-corrected chi connectivity index (χ1v) is 16.3. The summed E-state index contributed by atoms with van der Waals surface area (Å²) in [5, 5.41) is 2.71. The first kappa shape index (κ1) is 40.7. The fraction of sp³-hybridized carbons (Fsp3) is 0.758. The van der Waals surface area contributed by atoms with Crippen LogP contribution in [-0.2, 0) is 47.5 Å². The molecule has 12 heteroatoms. The fourth-order valence-electron chi connectivity index (χ4n) is 3.81. The second-order valence-corrected chi connectivity index (χ2v) is 10.1. The van der Waals surface area contributed by atoms with Crippen molar-refractivity contribution < 1.29 is 52.2 Å². The van der Waals surface area contributed by atoms with Gasteiger partial charge < -0.3 is 47.9 Å². The largest absolute Gasteiger partial charge is 0.491 e. The minimum absolute atomic E-state index is 0.109. The Bertz CT molecular complexity index is 810. The predicted octanol–water partition coefficient (Wildman–Crippen LogP) is 4.43. The summed E-state index contributed by atoms with van der Waals surface area (Å²) in [6, 6.07) is 7.17. The number of esters is 1. The molecular weight excluding hydrogens is 586 g/mol. The van der Waals surface area contributed by atoms with Gasteiger partial charge in [0.15, 0.2) is 0 Å². The van der Waals surface area contributed by atoms with Gasteiger partial charge in [0.2, 0.25) is 5.91 Å². The molecule has 0 aliphatic heterocycles. The van der Waals surface area contributed by atoms with Crippen molar-refractivity contribution >= 4 is 17.6 Å². The maximum atomic E-state index is 11.7. The van der Waals surface area contributed by atoms with E-state index in [9.17, 15) is 9.59 Å². The van der Waals surface area contributed by atoms with Crippen molar-refractivity contribution in [2.75, 3.05) is 111 Å². The van der Waals surface area contributed by atoms with Gasteiger partial charge >= 0.3 is 5.97 Å². The lowest BCUT2D eigenvalue weighted by Gasteiger charge is -2.09. The molecule has 1 rings (SSSR count). The molecule has 45 heavy (non-hydrogen) atoms. The number of unbranched alkanes of at least 4 members (excludes halogenated alkanes) is 5. The second-order valence-electron chi connectivity index (χ2n) is 10.1. The van der Waals surface area contributed by atoms with E-state index in [2.05, 4.69) is 12.2 Å². The van der Waals surface area contributed by atoms with Gasteiger partial charge in [-0.2, -0.15) is 0 Å².